The second-order valence-corrected chi connectivity index (χ2v) is 8.06. The third-order valence-electron chi connectivity index (χ3n) is 3.71. The lowest BCUT2D eigenvalue weighted by molar-refractivity contribution is -0.128. The third kappa shape index (κ3) is 4.47. The van der Waals surface area contributed by atoms with Crippen LogP contribution in [0.5, 0.6) is 0 Å². The van der Waals surface area contributed by atoms with E-state index < -0.39 is 9.84 Å². The van der Waals surface area contributed by atoms with Crippen LogP contribution in [0.2, 0.25) is 0 Å². The molecule has 1 aromatic rings. The zero-order valence-electron chi connectivity index (χ0n) is 13.4. The van der Waals surface area contributed by atoms with Gasteiger partial charge in [-0.1, -0.05) is 6.07 Å². The van der Waals surface area contributed by atoms with Gasteiger partial charge in [0.15, 0.2) is 9.84 Å². The quantitative estimate of drug-likeness (QED) is 0.306. The van der Waals surface area contributed by atoms with Crippen molar-refractivity contribution in [2.45, 2.75) is 18.2 Å². The number of hydrogen-bond acceptors (Lipinski definition) is 5. The van der Waals surface area contributed by atoms with E-state index in [0.29, 0.717) is 25.2 Å². The lowest BCUT2D eigenvalue weighted by Crippen LogP contribution is -2.40. The summed E-state index contributed by atoms with van der Waals surface area (Å²) in [5, 5.41) is 0. The number of nitrogens with two attached hydrogens (primary N) is 1. The average Bonchev–Trinajstić information content (AvgIpc) is 2.53. The highest BCUT2D eigenvalue weighted by Gasteiger charge is 2.22. The normalized spacial score (nSPS) is 16.3. The summed E-state index contributed by atoms with van der Waals surface area (Å²) in [6, 6.07) is 6.30. The Kier molecular flexibility index (Phi) is 5.86. The molecule has 0 radical (unpaired) electrons. The molecule has 1 aliphatic heterocycles. The van der Waals surface area contributed by atoms with Crippen LogP contribution in [-0.2, 0) is 14.6 Å². The monoisotopic (exact) mass is 462 g/mol. The van der Waals surface area contributed by atoms with E-state index in [1.807, 2.05) is 22.9 Å². The molecule has 0 saturated carbocycles. The van der Waals surface area contributed by atoms with Crippen molar-refractivity contribution in [3.05, 3.63) is 35.5 Å². The van der Waals surface area contributed by atoms with Crippen LogP contribution in [0.25, 0.3) is 0 Å². The van der Waals surface area contributed by atoms with Gasteiger partial charge in [0.2, 0.25) is 5.91 Å². The van der Waals surface area contributed by atoms with Crippen LogP contribution in [0.4, 0.5) is 5.69 Å². The van der Waals surface area contributed by atoms with Crippen LogP contribution in [0.1, 0.15) is 13.3 Å². The highest BCUT2D eigenvalue weighted by Crippen LogP contribution is 2.22. The Balaban J connectivity index is 2.38. The van der Waals surface area contributed by atoms with Gasteiger partial charge in [0.25, 0.3) is 0 Å². The number of carbonyl (C=O) groups is 1. The first kappa shape index (κ1) is 18.7. The van der Waals surface area contributed by atoms with E-state index >= 15 is 0 Å². The van der Waals surface area contributed by atoms with Crippen molar-refractivity contribution in [2.24, 2.45) is 10.7 Å². The maximum Gasteiger partial charge on any atom is 0.219 e. The van der Waals surface area contributed by atoms with Gasteiger partial charge in [0.1, 0.15) is 5.84 Å². The van der Waals surface area contributed by atoms with E-state index in [9.17, 15) is 13.2 Å². The number of carbonyl (C=O) groups excluding carboxylic acids is 1. The van der Waals surface area contributed by atoms with Gasteiger partial charge in [-0.15, -0.1) is 0 Å². The van der Waals surface area contributed by atoms with Gasteiger partial charge in [0.05, 0.1) is 40.0 Å². The molecule has 0 unspecified atom stereocenters. The predicted molar refractivity (Wildman–Crippen MR) is 102 cm³/mol. The summed E-state index contributed by atoms with van der Waals surface area (Å²) in [6.07, 6.45) is 1.81. The first-order valence-electron chi connectivity index (χ1n) is 7.21. The summed E-state index contributed by atoms with van der Waals surface area (Å²) in [4.78, 5) is 17.8. The average molecular weight is 462 g/mol. The molecular formula is C15H19IN4O3S. The summed E-state index contributed by atoms with van der Waals surface area (Å²) in [5.74, 6) is 0.248. The molecule has 0 spiro atoms. The Morgan fingerprint density at radius 1 is 1.42 bits per heavy atom. The number of sulfone groups is 1. The molecule has 1 heterocycles. The van der Waals surface area contributed by atoms with Gasteiger partial charge in [-0.05, 0) is 18.2 Å². The van der Waals surface area contributed by atoms with Crippen LogP contribution in [0.15, 0.2) is 45.4 Å². The predicted octanol–water partition coefficient (Wildman–Crippen LogP) is 1.52. The molecule has 0 saturated heterocycles. The molecule has 0 atom stereocenters. The van der Waals surface area contributed by atoms with Gasteiger partial charge in [0, 0.05) is 37.4 Å². The minimum Gasteiger partial charge on any atom is -0.383 e. The van der Waals surface area contributed by atoms with Gasteiger partial charge in [-0.25, -0.2) is 13.4 Å². The van der Waals surface area contributed by atoms with Crippen molar-refractivity contribution in [2.75, 3.05) is 19.3 Å². The maximum atomic E-state index is 11.6. The second kappa shape index (κ2) is 7.51. The number of rotatable bonds is 4. The van der Waals surface area contributed by atoms with Crippen molar-refractivity contribution in [1.82, 2.24) is 8.43 Å². The first-order chi connectivity index (χ1) is 11.2. The van der Waals surface area contributed by atoms with E-state index in [4.69, 9.17) is 5.73 Å². The van der Waals surface area contributed by atoms with Crippen molar-refractivity contribution in [3.63, 3.8) is 0 Å². The molecular weight excluding hydrogens is 443 g/mol. The number of nitrogens with zero attached hydrogens (tertiary/aromatic N) is 2. The summed E-state index contributed by atoms with van der Waals surface area (Å²) < 4.78 is 26.4. The van der Waals surface area contributed by atoms with Crippen molar-refractivity contribution < 1.29 is 13.2 Å². The van der Waals surface area contributed by atoms with Crippen molar-refractivity contribution in [1.29, 1.82) is 0 Å². The molecule has 0 fully saturated rings. The maximum absolute atomic E-state index is 11.6. The Bertz CT molecular complexity index is 818. The number of hydrogen-bond donors (Lipinski definition) is 2. The molecule has 0 aromatic heterocycles. The summed E-state index contributed by atoms with van der Waals surface area (Å²) >= 11 is 2.03. The first-order valence-corrected chi connectivity index (χ1v) is 10.2. The Labute approximate surface area is 155 Å². The standard InChI is InChI=1S/C15H19IN4O3S/c1-10(21)20-7-6-14(19-16)13(9-20)15(17)18-11-4-3-5-12(8-11)24(2,22)23/h3-5,8,19H,6-7,9H2,1-2H3,(H2,17,18). The van der Waals surface area contributed by atoms with Crippen LogP contribution in [0, 0.1) is 0 Å². The molecule has 24 heavy (non-hydrogen) atoms. The number of amides is 1. The Morgan fingerprint density at radius 2 is 2.12 bits per heavy atom. The zero-order valence-corrected chi connectivity index (χ0v) is 16.4. The largest absolute Gasteiger partial charge is 0.383 e. The summed E-state index contributed by atoms with van der Waals surface area (Å²) in [5.41, 5.74) is 8.25. The number of aliphatic imine (C=N–C) groups is 1. The minimum absolute atomic E-state index is 0.0214. The lowest BCUT2D eigenvalue weighted by Gasteiger charge is -2.29. The highest BCUT2D eigenvalue weighted by molar-refractivity contribution is 14.1. The van der Waals surface area contributed by atoms with Gasteiger partial charge in [-0.3, -0.25) is 4.79 Å². The molecule has 1 aromatic carbocycles. The lowest BCUT2D eigenvalue weighted by atomic mass is 10.1. The zero-order chi connectivity index (χ0) is 17.9. The Hall–Kier alpha value is -1.62. The van der Waals surface area contributed by atoms with Crippen molar-refractivity contribution in [3.8, 4) is 0 Å². The second-order valence-electron chi connectivity index (χ2n) is 5.51. The van der Waals surface area contributed by atoms with E-state index in [-0.39, 0.29) is 16.6 Å². The molecule has 0 aliphatic carbocycles. The molecule has 7 nitrogen and oxygen atoms in total. The fourth-order valence-electron chi connectivity index (χ4n) is 2.36. The van der Waals surface area contributed by atoms with Gasteiger partial charge >= 0.3 is 0 Å². The van der Waals surface area contributed by atoms with Crippen LogP contribution >= 0.6 is 22.9 Å². The highest BCUT2D eigenvalue weighted by atomic mass is 127. The molecule has 130 valence electrons. The van der Waals surface area contributed by atoms with Crippen LogP contribution in [-0.4, -0.2) is 44.4 Å². The molecule has 1 aliphatic rings. The number of halogens is 1. The molecule has 9 heteroatoms. The van der Waals surface area contributed by atoms with Crippen LogP contribution < -0.4 is 9.26 Å². The van der Waals surface area contributed by atoms with Gasteiger partial charge < -0.3 is 14.2 Å². The summed E-state index contributed by atoms with van der Waals surface area (Å²) in [6.45, 7) is 2.52. The van der Waals surface area contributed by atoms with E-state index in [2.05, 4.69) is 8.52 Å². The molecule has 2 rings (SSSR count). The van der Waals surface area contributed by atoms with E-state index in [1.165, 1.54) is 19.1 Å². The topological polar surface area (TPSA) is 105 Å². The molecule has 0 bridgehead atoms. The SMILES string of the molecule is CC(=O)N1CCC(NI)=C(C(N)=Nc2cccc(S(C)(=O)=O)c2)C1. The third-order valence-corrected chi connectivity index (χ3v) is 5.47. The minimum atomic E-state index is -3.31. The Morgan fingerprint density at radius 3 is 2.71 bits per heavy atom. The fraction of sp³-hybridized carbons (Fsp3) is 0.333. The number of benzene rings is 1. The van der Waals surface area contributed by atoms with Crippen LogP contribution in [0.3, 0.4) is 0 Å². The van der Waals surface area contributed by atoms with Gasteiger partial charge in [-0.2, -0.15) is 0 Å². The molecule has 1 amide bonds. The fourth-order valence-corrected chi connectivity index (χ4v) is 3.62. The number of amidine groups is 1. The van der Waals surface area contributed by atoms with E-state index in [0.717, 1.165) is 17.5 Å². The van der Waals surface area contributed by atoms with E-state index in [1.54, 1.807) is 17.0 Å². The smallest absolute Gasteiger partial charge is 0.219 e. The number of nitrogens with one attached hydrogen (secondary N) is 1. The summed E-state index contributed by atoms with van der Waals surface area (Å²) in [7, 11) is -3.31. The molecule has 3 N–H and O–H groups in total. The van der Waals surface area contributed by atoms with Crippen molar-refractivity contribution >= 4 is 50.1 Å².